The molecule has 1 saturated heterocycles. The lowest BCUT2D eigenvalue weighted by atomic mass is 10.2. The number of rotatable bonds is 5. The number of amides is 2. The van der Waals surface area contributed by atoms with Crippen LogP contribution >= 0.6 is 0 Å². The highest BCUT2D eigenvalue weighted by Crippen LogP contribution is 2.23. The average molecular weight is 346 g/mol. The van der Waals surface area contributed by atoms with Gasteiger partial charge in [0.1, 0.15) is 11.8 Å². The lowest BCUT2D eigenvalue weighted by Gasteiger charge is -2.22. The maximum Gasteiger partial charge on any atom is 0.372 e. The molecule has 0 radical (unpaired) electrons. The fraction of sp³-hybridized carbons (Fsp3) is 0.353. The zero-order valence-electron chi connectivity index (χ0n) is 13.7. The van der Waals surface area contributed by atoms with Gasteiger partial charge >= 0.3 is 5.97 Å². The van der Waals surface area contributed by atoms with Crippen LogP contribution in [0.15, 0.2) is 33.3 Å². The summed E-state index contributed by atoms with van der Waals surface area (Å²) in [6.45, 7) is 2.22. The summed E-state index contributed by atoms with van der Waals surface area (Å²) >= 11 is 0. The molecule has 8 heteroatoms. The number of carbonyl (C=O) groups excluding carboxylic acids is 2. The van der Waals surface area contributed by atoms with E-state index in [-0.39, 0.29) is 24.0 Å². The number of nitrogens with zero attached hydrogens (tertiary/aromatic N) is 1. The van der Waals surface area contributed by atoms with Gasteiger partial charge in [-0.15, -0.1) is 0 Å². The molecule has 3 heterocycles. The molecule has 0 aliphatic carbocycles. The second kappa shape index (κ2) is 6.84. The van der Waals surface area contributed by atoms with Crippen molar-refractivity contribution in [2.45, 2.75) is 32.4 Å². The minimum Gasteiger partial charge on any atom is -0.475 e. The van der Waals surface area contributed by atoms with E-state index < -0.39 is 17.9 Å². The number of hydrogen-bond donors (Lipinski definition) is 2. The van der Waals surface area contributed by atoms with Gasteiger partial charge in [0, 0.05) is 12.1 Å². The summed E-state index contributed by atoms with van der Waals surface area (Å²) in [5, 5.41) is 11.8. The monoisotopic (exact) mass is 346 g/mol. The molecule has 1 aliphatic rings. The van der Waals surface area contributed by atoms with Crippen LogP contribution in [-0.4, -0.2) is 40.4 Å². The average Bonchev–Trinajstić information content (AvgIpc) is 3.31. The van der Waals surface area contributed by atoms with Gasteiger partial charge in [-0.25, -0.2) is 4.79 Å². The Balaban J connectivity index is 1.70. The normalized spacial score (nSPS) is 16.8. The van der Waals surface area contributed by atoms with Gasteiger partial charge in [0.05, 0.1) is 12.8 Å². The first-order valence-electron chi connectivity index (χ1n) is 7.92. The SMILES string of the molecule is Cc1cc(C(=O)N2CCCC2C(=O)NCc2ccco2)oc1C(=O)O. The summed E-state index contributed by atoms with van der Waals surface area (Å²) in [4.78, 5) is 37.5. The quantitative estimate of drug-likeness (QED) is 0.853. The van der Waals surface area contributed by atoms with Crippen LogP contribution in [0, 0.1) is 6.92 Å². The standard InChI is InChI=1S/C17H18N2O6/c1-10-8-13(25-14(10)17(22)23)16(21)19-6-2-5-12(19)15(20)18-9-11-4-3-7-24-11/h3-4,7-8,12H,2,5-6,9H2,1H3,(H,18,20)(H,22,23). The van der Waals surface area contributed by atoms with Crippen molar-refractivity contribution < 1.29 is 28.3 Å². The predicted molar refractivity (Wildman–Crippen MR) is 85.0 cm³/mol. The molecule has 1 fully saturated rings. The van der Waals surface area contributed by atoms with Gasteiger partial charge in [0.2, 0.25) is 11.7 Å². The zero-order chi connectivity index (χ0) is 18.0. The van der Waals surface area contributed by atoms with Gasteiger partial charge in [-0.05, 0) is 38.0 Å². The van der Waals surface area contributed by atoms with Crippen LogP contribution in [0.1, 0.15) is 45.3 Å². The molecular formula is C17H18N2O6. The molecule has 2 aromatic heterocycles. The van der Waals surface area contributed by atoms with Crippen LogP contribution in [0.2, 0.25) is 0 Å². The smallest absolute Gasteiger partial charge is 0.372 e. The minimum atomic E-state index is -1.23. The molecule has 25 heavy (non-hydrogen) atoms. The van der Waals surface area contributed by atoms with Gasteiger partial charge < -0.3 is 24.2 Å². The van der Waals surface area contributed by atoms with E-state index in [0.717, 1.165) is 0 Å². The van der Waals surface area contributed by atoms with Crippen molar-refractivity contribution >= 4 is 17.8 Å². The first-order chi connectivity index (χ1) is 12.0. The van der Waals surface area contributed by atoms with E-state index >= 15 is 0 Å². The molecular weight excluding hydrogens is 328 g/mol. The van der Waals surface area contributed by atoms with Crippen molar-refractivity contribution in [3.63, 3.8) is 0 Å². The second-order valence-corrected chi connectivity index (χ2v) is 5.88. The molecule has 8 nitrogen and oxygen atoms in total. The number of aromatic carboxylic acids is 1. The molecule has 0 spiro atoms. The first-order valence-corrected chi connectivity index (χ1v) is 7.92. The van der Waals surface area contributed by atoms with Crippen molar-refractivity contribution in [3.8, 4) is 0 Å². The molecule has 0 saturated carbocycles. The third kappa shape index (κ3) is 3.42. The van der Waals surface area contributed by atoms with Crippen LogP contribution in [0.25, 0.3) is 0 Å². The van der Waals surface area contributed by atoms with E-state index in [2.05, 4.69) is 5.32 Å². The van der Waals surface area contributed by atoms with E-state index in [9.17, 15) is 14.4 Å². The Bertz CT molecular complexity index is 792. The van der Waals surface area contributed by atoms with Crippen LogP contribution in [-0.2, 0) is 11.3 Å². The Morgan fingerprint density at radius 2 is 2.20 bits per heavy atom. The Morgan fingerprint density at radius 3 is 2.84 bits per heavy atom. The largest absolute Gasteiger partial charge is 0.475 e. The summed E-state index contributed by atoms with van der Waals surface area (Å²) in [5.74, 6) is -1.69. The van der Waals surface area contributed by atoms with Crippen molar-refractivity contribution in [2.75, 3.05) is 6.54 Å². The summed E-state index contributed by atoms with van der Waals surface area (Å²) in [7, 11) is 0. The van der Waals surface area contributed by atoms with Crippen molar-refractivity contribution in [2.24, 2.45) is 0 Å². The Hall–Kier alpha value is -3.03. The lowest BCUT2D eigenvalue weighted by molar-refractivity contribution is -0.125. The third-order valence-corrected chi connectivity index (χ3v) is 4.16. The number of aryl methyl sites for hydroxylation is 1. The highest BCUT2D eigenvalue weighted by Gasteiger charge is 2.36. The molecule has 0 aromatic carbocycles. The summed E-state index contributed by atoms with van der Waals surface area (Å²) in [6, 6.07) is 4.26. The van der Waals surface area contributed by atoms with E-state index in [4.69, 9.17) is 13.9 Å². The predicted octanol–water partition coefficient (Wildman–Crippen LogP) is 1.80. The van der Waals surface area contributed by atoms with Gasteiger partial charge in [-0.1, -0.05) is 0 Å². The van der Waals surface area contributed by atoms with Crippen molar-refractivity contribution in [1.29, 1.82) is 0 Å². The molecule has 3 rings (SSSR count). The van der Waals surface area contributed by atoms with Crippen molar-refractivity contribution in [3.05, 3.63) is 47.3 Å². The van der Waals surface area contributed by atoms with Crippen LogP contribution in [0.4, 0.5) is 0 Å². The van der Waals surface area contributed by atoms with E-state index in [1.807, 2.05) is 0 Å². The number of likely N-dealkylation sites (tertiary alicyclic amines) is 1. The fourth-order valence-corrected chi connectivity index (χ4v) is 2.93. The number of carboxylic acids is 1. The number of furan rings is 2. The summed E-state index contributed by atoms with van der Waals surface area (Å²) < 4.78 is 10.3. The van der Waals surface area contributed by atoms with Gasteiger partial charge in [0.15, 0.2) is 5.76 Å². The maximum absolute atomic E-state index is 12.6. The minimum absolute atomic E-state index is 0.0689. The van der Waals surface area contributed by atoms with Crippen LogP contribution < -0.4 is 5.32 Å². The third-order valence-electron chi connectivity index (χ3n) is 4.16. The van der Waals surface area contributed by atoms with Gasteiger partial charge in [-0.3, -0.25) is 9.59 Å². The number of carboxylic acid groups (broad SMARTS) is 1. The molecule has 0 bridgehead atoms. The van der Waals surface area contributed by atoms with Crippen molar-refractivity contribution in [1.82, 2.24) is 10.2 Å². The second-order valence-electron chi connectivity index (χ2n) is 5.88. The summed E-state index contributed by atoms with van der Waals surface area (Å²) in [6.07, 6.45) is 2.75. The summed E-state index contributed by atoms with van der Waals surface area (Å²) in [5.41, 5.74) is 0.369. The van der Waals surface area contributed by atoms with Crippen LogP contribution in [0.5, 0.6) is 0 Å². The maximum atomic E-state index is 12.6. The van der Waals surface area contributed by atoms with Gasteiger partial charge in [-0.2, -0.15) is 0 Å². The molecule has 1 atom stereocenters. The first kappa shape index (κ1) is 16.8. The molecule has 1 aliphatic heterocycles. The van der Waals surface area contributed by atoms with Gasteiger partial charge in [0.25, 0.3) is 5.91 Å². The Labute approximate surface area is 143 Å². The molecule has 2 N–H and O–H groups in total. The highest BCUT2D eigenvalue weighted by molar-refractivity contribution is 5.97. The fourth-order valence-electron chi connectivity index (χ4n) is 2.93. The Morgan fingerprint density at radius 1 is 1.40 bits per heavy atom. The van der Waals surface area contributed by atoms with E-state index in [1.54, 1.807) is 19.1 Å². The Kier molecular flexibility index (Phi) is 4.60. The number of hydrogen-bond acceptors (Lipinski definition) is 5. The lowest BCUT2D eigenvalue weighted by Crippen LogP contribution is -2.45. The molecule has 132 valence electrons. The number of carbonyl (C=O) groups is 3. The zero-order valence-corrected chi connectivity index (χ0v) is 13.7. The topological polar surface area (TPSA) is 113 Å². The highest BCUT2D eigenvalue weighted by atomic mass is 16.4. The van der Waals surface area contributed by atoms with E-state index in [1.165, 1.54) is 17.2 Å². The molecule has 1 unspecified atom stereocenters. The molecule has 2 aromatic rings. The van der Waals surface area contributed by atoms with E-state index in [0.29, 0.717) is 30.7 Å². The number of nitrogens with one attached hydrogen (secondary N) is 1. The van der Waals surface area contributed by atoms with Crippen LogP contribution in [0.3, 0.4) is 0 Å². The molecule has 2 amide bonds.